The Kier molecular flexibility index (Phi) is 4.30. The Labute approximate surface area is 113 Å². The Morgan fingerprint density at radius 1 is 1.56 bits per heavy atom. The van der Waals surface area contributed by atoms with Gasteiger partial charge in [0.15, 0.2) is 0 Å². The van der Waals surface area contributed by atoms with Crippen LogP contribution in [-0.4, -0.2) is 25.2 Å². The van der Waals surface area contributed by atoms with E-state index in [0.29, 0.717) is 18.0 Å². The maximum Gasteiger partial charge on any atom is 0.251 e. The van der Waals surface area contributed by atoms with E-state index in [2.05, 4.69) is 24.9 Å². The summed E-state index contributed by atoms with van der Waals surface area (Å²) < 4.78 is 5.48. The number of nitrogens with one attached hydrogen (secondary N) is 1. The molecule has 1 heterocycles. The van der Waals surface area contributed by atoms with Crippen LogP contribution in [-0.2, 0) is 4.74 Å². The second kappa shape index (κ2) is 5.76. The first-order valence-electron chi connectivity index (χ1n) is 6.27. The number of ether oxygens (including phenoxy) is 1. The Morgan fingerprint density at radius 3 is 3.00 bits per heavy atom. The van der Waals surface area contributed by atoms with Crippen molar-refractivity contribution in [3.8, 4) is 0 Å². The van der Waals surface area contributed by atoms with Crippen LogP contribution in [0.2, 0.25) is 0 Å². The summed E-state index contributed by atoms with van der Waals surface area (Å²) in [5.41, 5.74) is 1.68. The van der Waals surface area contributed by atoms with Gasteiger partial charge in [-0.3, -0.25) is 4.79 Å². The van der Waals surface area contributed by atoms with Gasteiger partial charge in [0.2, 0.25) is 0 Å². The van der Waals surface area contributed by atoms with Crippen LogP contribution in [0.3, 0.4) is 0 Å². The number of carbonyl (C=O) groups is 1. The largest absolute Gasteiger partial charge is 0.378 e. The molecule has 0 spiro atoms. The minimum Gasteiger partial charge on any atom is -0.378 e. The number of aryl methyl sites for hydroxylation is 1. The van der Waals surface area contributed by atoms with Gasteiger partial charge in [-0.05, 0) is 38.0 Å². The van der Waals surface area contributed by atoms with Crippen LogP contribution in [0.25, 0.3) is 0 Å². The van der Waals surface area contributed by atoms with Crippen LogP contribution >= 0.6 is 12.6 Å². The number of hydrogen-bond donors (Lipinski definition) is 2. The fraction of sp³-hybridized carbons (Fsp3) is 0.500. The summed E-state index contributed by atoms with van der Waals surface area (Å²) in [6.07, 6.45) is 1.26. The first-order chi connectivity index (χ1) is 8.58. The first kappa shape index (κ1) is 13.4. The highest BCUT2D eigenvalue weighted by Crippen LogP contribution is 2.20. The van der Waals surface area contributed by atoms with Gasteiger partial charge in [0.1, 0.15) is 0 Å². The van der Waals surface area contributed by atoms with Crippen LogP contribution in [0.4, 0.5) is 0 Å². The summed E-state index contributed by atoms with van der Waals surface area (Å²) >= 11 is 4.27. The van der Waals surface area contributed by atoms with Crippen molar-refractivity contribution in [2.45, 2.75) is 31.3 Å². The lowest BCUT2D eigenvalue weighted by Gasteiger charge is -2.15. The number of thiol groups is 1. The summed E-state index contributed by atoms with van der Waals surface area (Å²) in [5, 5.41) is 2.99. The van der Waals surface area contributed by atoms with Crippen molar-refractivity contribution in [2.24, 2.45) is 5.92 Å². The standard InChI is InChI=1S/C14H19NO2S/c1-9-3-4-12(18)7-13(9)14(16)15-8-11-5-6-17-10(11)2/h3-4,7,10-11,18H,5-6,8H2,1-2H3,(H,15,16). The molecule has 1 saturated heterocycles. The van der Waals surface area contributed by atoms with Gasteiger partial charge in [0, 0.05) is 29.5 Å². The van der Waals surface area contributed by atoms with Crippen molar-refractivity contribution < 1.29 is 9.53 Å². The number of amides is 1. The van der Waals surface area contributed by atoms with E-state index in [1.54, 1.807) is 0 Å². The van der Waals surface area contributed by atoms with Crippen molar-refractivity contribution in [2.75, 3.05) is 13.2 Å². The van der Waals surface area contributed by atoms with Gasteiger partial charge in [-0.25, -0.2) is 0 Å². The van der Waals surface area contributed by atoms with E-state index in [4.69, 9.17) is 4.74 Å². The minimum absolute atomic E-state index is 0.0255. The fourth-order valence-corrected chi connectivity index (χ4v) is 2.42. The van der Waals surface area contributed by atoms with E-state index < -0.39 is 0 Å². The molecule has 18 heavy (non-hydrogen) atoms. The number of benzene rings is 1. The molecule has 0 saturated carbocycles. The molecule has 0 aliphatic carbocycles. The predicted molar refractivity (Wildman–Crippen MR) is 74.3 cm³/mol. The van der Waals surface area contributed by atoms with Crippen molar-refractivity contribution in [1.29, 1.82) is 0 Å². The smallest absolute Gasteiger partial charge is 0.251 e. The molecule has 2 rings (SSSR count). The zero-order chi connectivity index (χ0) is 13.1. The van der Waals surface area contributed by atoms with Crippen LogP contribution in [0.1, 0.15) is 29.3 Å². The Hall–Kier alpha value is -1.00. The highest BCUT2D eigenvalue weighted by molar-refractivity contribution is 7.80. The highest BCUT2D eigenvalue weighted by atomic mass is 32.1. The van der Waals surface area contributed by atoms with E-state index in [1.807, 2.05) is 25.1 Å². The van der Waals surface area contributed by atoms with E-state index >= 15 is 0 Å². The average Bonchev–Trinajstić information content (AvgIpc) is 2.75. The molecule has 1 aliphatic rings. The predicted octanol–water partition coefficient (Wildman–Crippen LogP) is 2.44. The fourth-order valence-electron chi connectivity index (χ4n) is 2.22. The van der Waals surface area contributed by atoms with Gasteiger partial charge < -0.3 is 10.1 Å². The normalized spacial score (nSPS) is 23.1. The number of rotatable bonds is 3. The van der Waals surface area contributed by atoms with Crippen LogP contribution in [0.15, 0.2) is 23.1 Å². The van der Waals surface area contributed by atoms with E-state index in [0.717, 1.165) is 23.5 Å². The second-order valence-corrected chi connectivity index (χ2v) is 5.35. The van der Waals surface area contributed by atoms with Crippen molar-refractivity contribution >= 4 is 18.5 Å². The quantitative estimate of drug-likeness (QED) is 0.824. The number of carbonyl (C=O) groups excluding carboxylic acids is 1. The minimum atomic E-state index is -0.0255. The zero-order valence-corrected chi connectivity index (χ0v) is 11.7. The molecule has 98 valence electrons. The Morgan fingerprint density at radius 2 is 2.33 bits per heavy atom. The average molecular weight is 265 g/mol. The molecule has 0 aromatic heterocycles. The van der Waals surface area contributed by atoms with E-state index in [1.165, 1.54) is 0 Å². The molecule has 1 amide bonds. The van der Waals surface area contributed by atoms with E-state index in [-0.39, 0.29) is 12.0 Å². The summed E-state index contributed by atoms with van der Waals surface area (Å²) in [4.78, 5) is 12.9. The SMILES string of the molecule is Cc1ccc(S)cc1C(=O)NCC1CCOC1C. The zero-order valence-electron chi connectivity index (χ0n) is 10.8. The maximum atomic E-state index is 12.1. The molecule has 1 fully saturated rings. The molecule has 2 unspecified atom stereocenters. The molecule has 1 N–H and O–H groups in total. The summed E-state index contributed by atoms with van der Waals surface area (Å²) in [6, 6.07) is 5.61. The lowest BCUT2D eigenvalue weighted by atomic mass is 10.0. The summed E-state index contributed by atoms with van der Waals surface area (Å²) in [7, 11) is 0. The number of hydrogen-bond acceptors (Lipinski definition) is 3. The topological polar surface area (TPSA) is 38.3 Å². The third-order valence-electron chi connectivity index (χ3n) is 3.52. The summed E-state index contributed by atoms with van der Waals surface area (Å²) in [5.74, 6) is 0.399. The summed E-state index contributed by atoms with van der Waals surface area (Å²) in [6.45, 7) is 5.47. The molecule has 2 atom stereocenters. The molecule has 1 aromatic rings. The third-order valence-corrected chi connectivity index (χ3v) is 3.80. The van der Waals surface area contributed by atoms with Gasteiger partial charge in [0.25, 0.3) is 5.91 Å². The van der Waals surface area contributed by atoms with Gasteiger partial charge in [-0.15, -0.1) is 12.6 Å². The Bertz CT molecular complexity index is 447. The third kappa shape index (κ3) is 3.06. The van der Waals surface area contributed by atoms with Gasteiger partial charge in [-0.2, -0.15) is 0 Å². The van der Waals surface area contributed by atoms with Gasteiger partial charge in [0.05, 0.1) is 6.10 Å². The van der Waals surface area contributed by atoms with Crippen LogP contribution in [0, 0.1) is 12.8 Å². The molecule has 3 nitrogen and oxygen atoms in total. The molecule has 1 aromatic carbocycles. The maximum absolute atomic E-state index is 12.1. The van der Waals surface area contributed by atoms with Crippen molar-refractivity contribution in [1.82, 2.24) is 5.32 Å². The lowest BCUT2D eigenvalue weighted by Crippen LogP contribution is -2.32. The molecular weight excluding hydrogens is 246 g/mol. The van der Waals surface area contributed by atoms with Crippen molar-refractivity contribution in [3.05, 3.63) is 29.3 Å². The monoisotopic (exact) mass is 265 g/mol. The Balaban J connectivity index is 1.97. The lowest BCUT2D eigenvalue weighted by molar-refractivity contribution is 0.0906. The van der Waals surface area contributed by atoms with Crippen molar-refractivity contribution in [3.63, 3.8) is 0 Å². The molecule has 0 bridgehead atoms. The van der Waals surface area contributed by atoms with Crippen LogP contribution < -0.4 is 5.32 Å². The van der Waals surface area contributed by atoms with E-state index in [9.17, 15) is 4.79 Å². The molecular formula is C14H19NO2S. The van der Waals surface area contributed by atoms with Gasteiger partial charge >= 0.3 is 0 Å². The second-order valence-electron chi connectivity index (χ2n) is 4.83. The van der Waals surface area contributed by atoms with Gasteiger partial charge in [-0.1, -0.05) is 6.07 Å². The highest BCUT2D eigenvalue weighted by Gasteiger charge is 2.24. The molecule has 1 aliphatic heterocycles. The molecule has 0 radical (unpaired) electrons. The molecule has 4 heteroatoms. The first-order valence-corrected chi connectivity index (χ1v) is 6.72. The van der Waals surface area contributed by atoms with Crippen LogP contribution in [0.5, 0.6) is 0 Å².